The van der Waals surface area contributed by atoms with Crippen LogP contribution in [-0.2, 0) is 26.2 Å². The monoisotopic (exact) mass is 539 g/mol. The summed E-state index contributed by atoms with van der Waals surface area (Å²) in [4.78, 5) is 28.0. The number of carbonyl (C=O) groups excluding carboxylic acids is 2. The number of rotatable bonds is 10. The van der Waals surface area contributed by atoms with Gasteiger partial charge in [0.15, 0.2) is 0 Å². The van der Waals surface area contributed by atoms with Crippen molar-refractivity contribution in [2.24, 2.45) is 0 Å². The van der Waals surface area contributed by atoms with Crippen molar-refractivity contribution in [3.8, 4) is 11.5 Å². The van der Waals surface area contributed by atoms with E-state index in [9.17, 15) is 18.0 Å². The van der Waals surface area contributed by atoms with Crippen LogP contribution in [0.25, 0.3) is 0 Å². The predicted octanol–water partition coefficient (Wildman–Crippen LogP) is 3.46. The maximum atomic E-state index is 13.7. The van der Waals surface area contributed by atoms with Gasteiger partial charge in [-0.2, -0.15) is 0 Å². The van der Waals surface area contributed by atoms with Crippen molar-refractivity contribution in [3.63, 3.8) is 0 Å². The van der Waals surface area contributed by atoms with E-state index >= 15 is 0 Å². The van der Waals surface area contributed by atoms with Crippen molar-refractivity contribution in [1.29, 1.82) is 0 Å². The molecule has 1 N–H and O–H groups in total. The number of hydrogen-bond donors (Lipinski definition) is 1. The fourth-order valence-electron chi connectivity index (χ4n) is 3.43. The third kappa shape index (κ3) is 8.03. The van der Waals surface area contributed by atoms with Crippen molar-refractivity contribution in [1.82, 2.24) is 10.2 Å². The van der Waals surface area contributed by atoms with Gasteiger partial charge in [-0.15, -0.1) is 0 Å². The van der Waals surface area contributed by atoms with Crippen molar-refractivity contribution >= 4 is 39.1 Å². The Morgan fingerprint density at radius 2 is 1.67 bits per heavy atom. The molecule has 0 radical (unpaired) electrons. The van der Waals surface area contributed by atoms with Gasteiger partial charge in [0, 0.05) is 23.2 Å². The van der Waals surface area contributed by atoms with Gasteiger partial charge in [-0.05, 0) is 57.5 Å². The molecule has 11 heteroatoms. The number of ether oxygens (including phenoxy) is 2. The Morgan fingerprint density at radius 3 is 2.17 bits per heavy atom. The standard InChI is InChI=1S/C25H34ClN3O6S/c1-17(24(31)27-25(2,3)4)28(15-18-8-10-19(26)11-9-18)23(30)16-29(36(7,32)33)21-14-20(34-5)12-13-22(21)35-6/h8-14,17H,15-16H2,1-7H3,(H,27,31)/t17-/m1/s1. The molecule has 0 unspecified atom stereocenters. The molecule has 198 valence electrons. The number of nitrogens with one attached hydrogen (secondary N) is 1. The summed E-state index contributed by atoms with van der Waals surface area (Å²) in [7, 11) is -1.07. The van der Waals surface area contributed by atoms with Gasteiger partial charge < -0.3 is 19.7 Å². The van der Waals surface area contributed by atoms with E-state index in [2.05, 4.69) is 5.32 Å². The van der Waals surface area contributed by atoms with Crippen LogP contribution >= 0.6 is 11.6 Å². The highest BCUT2D eigenvalue weighted by atomic mass is 35.5. The maximum Gasteiger partial charge on any atom is 0.244 e. The first kappa shape index (κ1) is 29.3. The van der Waals surface area contributed by atoms with E-state index in [-0.39, 0.29) is 23.9 Å². The van der Waals surface area contributed by atoms with Gasteiger partial charge >= 0.3 is 0 Å². The van der Waals surface area contributed by atoms with Crippen LogP contribution in [0.15, 0.2) is 42.5 Å². The number of amides is 2. The summed E-state index contributed by atoms with van der Waals surface area (Å²) in [5, 5.41) is 3.41. The second-order valence-electron chi connectivity index (χ2n) is 9.37. The third-order valence-corrected chi connectivity index (χ3v) is 6.64. The first-order chi connectivity index (χ1) is 16.7. The smallest absolute Gasteiger partial charge is 0.244 e. The minimum absolute atomic E-state index is 0.0710. The zero-order chi connectivity index (χ0) is 27.3. The number of hydrogen-bond acceptors (Lipinski definition) is 6. The minimum atomic E-state index is -3.93. The molecule has 0 aliphatic heterocycles. The summed E-state index contributed by atoms with van der Waals surface area (Å²) in [6, 6.07) is 10.6. The molecule has 0 spiro atoms. The first-order valence-electron chi connectivity index (χ1n) is 11.2. The van der Waals surface area contributed by atoms with Gasteiger partial charge in [0.25, 0.3) is 0 Å². The molecule has 9 nitrogen and oxygen atoms in total. The lowest BCUT2D eigenvalue weighted by atomic mass is 10.1. The third-order valence-electron chi connectivity index (χ3n) is 5.27. The summed E-state index contributed by atoms with van der Waals surface area (Å²) in [6.07, 6.45) is 0.998. The Balaban J connectivity index is 2.49. The predicted molar refractivity (Wildman–Crippen MR) is 141 cm³/mol. The average Bonchev–Trinajstić information content (AvgIpc) is 2.79. The Labute approximate surface area is 218 Å². The van der Waals surface area contributed by atoms with Crippen molar-refractivity contribution in [2.45, 2.75) is 45.8 Å². The molecular weight excluding hydrogens is 506 g/mol. The highest BCUT2D eigenvalue weighted by Gasteiger charge is 2.32. The SMILES string of the molecule is COc1ccc(OC)c(N(CC(=O)N(Cc2ccc(Cl)cc2)[C@H](C)C(=O)NC(C)(C)C)S(C)(=O)=O)c1. The second kappa shape index (κ2) is 11.8. The highest BCUT2D eigenvalue weighted by Crippen LogP contribution is 2.34. The van der Waals surface area contributed by atoms with Crippen LogP contribution in [0.1, 0.15) is 33.3 Å². The molecule has 0 aliphatic carbocycles. The van der Waals surface area contributed by atoms with Crippen LogP contribution < -0.4 is 19.1 Å². The quantitative estimate of drug-likeness (QED) is 0.496. The number of sulfonamides is 1. The largest absolute Gasteiger partial charge is 0.497 e. The van der Waals surface area contributed by atoms with E-state index in [4.69, 9.17) is 21.1 Å². The number of halogens is 1. The maximum absolute atomic E-state index is 13.7. The number of benzene rings is 2. The molecule has 0 bridgehead atoms. The molecule has 1 atom stereocenters. The fourth-order valence-corrected chi connectivity index (χ4v) is 4.40. The van der Waals surface area contributed by atoms with Gasteiger partial charge in [-0.25, -0.2) is 8.42 Å². The van der Waals surface area contributed by atoms with Crippen LogP contribution in [0.2, 0.25) is 5.02 Å². The highest BCUT2D eigenvalue weighted by molar-refractivity contribution is 7.92. The topological polar surface area (TPSA) is 105 Å². The van der Waals surface area contributed by atoms with Crippen LogP contribution in [-0.4, -0.2) is 63.7 Å². The molecular formula is C25H34ClN3O6S. The van der Waals surface area contributed by atoms with Gasteiger partial charge in [0.05, 0.1) is 26.2 Å². The van der Waals surface area contributed by atoms with E-state index in [1.54, 1.807) is 43.3 Å². The number of anilines is 1. The Bertz CT molecular complexity index is 1180. The molecule has 2 amide bonds. The van der Waals surface area contributed by atoms with E-state index in [0.717, 1.165) is 16.1 Å². The Hall–Kier alpha value is -2.98. The first-order valence-corrected chi connectivity index (χ1v) is 13.4. The van der Waals surface area contributed by atoms with E-state index in [1.165, 1.54) is 25.2 Å². The minimum Gasteiger partial charge on any atom is -0.497 e. The summed E-state index contributed by atoms with van der Waals surface area (Å²) in [6.45, 7) is 6.63. The molecule has 0 heterocycles. The van der Waals surface area contributed by atoms with Crippen LogP contribution in [0.3, 0.4) is 0 Å². The molecule has 0 fully saturated rings. The molecule has 36 heavy (non-hydrogen) atoms. The van der Waals surface area contributed by atoms with Crippen molar-refractivity contribution in [3.05, 3.63) is 53.1 Å². The van der Waals surface area contributed by atoms with E-state index in [0.29, 0.717) is 10.8 Å². The molecule has 2 aromatic rings. The molecule has 0 saturated heterocycles. The van der Waals surface area contributed by atoms with E-state index < -0.39 is 34.1 Å². The number of carbonyl (C=O) groups is 2. The van der Waals surface area contributed by atoms with Crippen LogP contribution in [0.5, 0.6) is 11.5 Å². The lowest BCUT2D eigenvalue weighted by molar-refractivity contribution is -0.140. The normalized spacial score (nSPS) is 12.4. The summed E-state index contributed by atoms with van der Waals surface area (Å²) >= 11 is 6.00. The number of methoxy groups -OCH3 is 2. The second-order valence-corrected chi connectivity index (χ2v) is 11.7. The van der Waals surface area contributed by atoms with Crippen LogP contribution in [0, 0.1) is 0 Å². The molecule has 0 saturated carbocycles. The lowest BCUT2D eigenvalue weighted by Gasteiger charge is -2.33. The lowest BCUT2D eigenvalue weighted by Crippen LogP contribution is -2.54. The average molecular weight is 540 g/mol. The zero-order valence-electron chi connectivity index (χ0n) is 21.7. The summed E-state index contributed by atoms with van der Waals surface area (Å²) in [5.41, 5.74) is 0.353. The zero-order valence-corrected chi connectivity index (χ0v) is 23.2. The van der Waals surface area contributed by atoms with Gasteiger partial charge in [-0.3, -0.25) is 13.9 Å². The Kier molecular flexibility index (Phi) is 9.62. The van der Waals surface area contributed by atoms with E-state index in [1.807, 2.05) is 20.8 Å². The molecule has 2 rings (SSSR count). The van der Waals surface area contributed by atoms with Crippen molar-refractivity contribution < 1.29 is 27.5 Å². The molecule has 2 aromatic carbocycles. The summed E-state index contributed by atoms with van der Waals surface area (Å²) in [5.74, 6) is -0.300. The summed E-state index contributed by atoms with van der Waals surface area (Å²) < 4.78 is 37.1. The van der Waals surface area contributed by atoms with Gasteiger partial charge in [-0.1, -0.05) is 23.7 Å². The number of nitrogens with zero attached hydrogens (tertiary/aromatic N) is 2. The van der Waals surface area contributed by atoms with Gasteiger partial charge in [0.2, 0.25) is 21.8 Å². The molecule has 0 aromatic heterocycles. The van der Waals surface area contributed by atoms with Gasteiger partial charge in [0.1, 0.15) is 24.1 Å². The van der Waals surface area contributed by atoms with Crippen molar-refractivity contribution in [2.75, 3.05) is 31.3 Å². The fraction of sp³-hybridized carbons (Fsp3) is 0.440. The van der Waals surface area contributed by atoms with Crippen LogP contribution in [0.4, 0.5) is 5.69 Å². The molecule has 0 aliphatic rings. The Morgan fingerprint density at radius 1 is 1.06 bits per heavy atom.